The average molecular weight is 378 g/mol. The minimum absolute atomic E-state index is 0.147. The Hall–Kier alpha value is -0.440. The molecule has 7 heteroatoms. The number of carboxylic acid groups (broad SMARTS) is 1. The van der Waals surface area contributed by atoms with E-state index in [1.807, 2.05) is 0 Å². The van der Waals surface area contributed by atoms with Gasteiger partial charge < -0.3 is 10.8 Å². The molecule has 0 bridgehead atoms. The lowest BCUT2D eigenvalue weighted by atomic mass is 10.1. The molecule has 0 aliphatic rings. The summed E-state index contributed by atoms with van der Waals surface area (Å²) in [5.41, 5.74) is 3.58. The van der Waals surface area contributed by atoms with Gasteiger partial charge in [0, 0.05) is 0 Å². The number of nitrogens with two attached hydrogens (primary N) is 1. The second kappa shape index (κ2) is 3.97. The van der Waals surface area contributed by atoms with Crippen molar-refractivity contribution >= 4 is 50.2 Å². The highest BCUT2D eigenvalue weighted by atomic mass is 127. The Kier molecular flexibility index (Phi) is 3.30. The van der Waals surface area contributed by atoms with Crippen molar-refractivity contribution in [2.75, 3.05) is 5.73 Å². The largest absolute Gasteiger partial charge is 0.478 e. The molecule has 0 heterocycles. The third-order valence-corrected chi connectivity index (χ3v) is 4.02. The zero-order chi connectivity index (χ0) is 11.0. The van der Waals surface area contributed by atoms with Gasteiger partial charge in [0.05, 0.1) is 13.7 Å². The average Bonchev–Trinajstić information content (AvgIpc) is 2.11. The molecular weight excluding hydrogens is 375 g/mol. The summed E-state index contributed by atoms with van der Waals surface area (Å²) in [6, 6.07) is 0. The van der Waals surface area contributed by atoms with Gasteiger partial charge in [0.2, 0.25) is 0 Å². The van der Waals surface area contributed by atoms with E-state index in [1.165, 1.54) is 22.6 Å². The first-order valence-corrected chi connectivity index (χ1v) is 5.09. The fourth-order valence-corrected chi connectivity index (χ4v) is 1.75. The molecule has 0 radical (unpaired) electrons. The quantitative estimate of drug-likeness (QED) is 0.342. The van der Waals surface area contributed by atoms with Crippen LogP contribution >= 0.6 is 38.5 Å². The molecule has 0 saturated carbocycles. The SMILES string of the molecule is Nc1c(F)c(Br)c(I)c(F)c1C(=O)O. The maximum absolute atomic E-state index is 13.3. The predicted octanol–water partition coefficient (Wildman–Crippen LogP) is 2.61. The Bertz CT molecular complexity index is 396. The van der Waals surface area contributed by atoms with Gasteiger partial charge in [-0.1, -0.05) is 0 Å². The van der Waals surface area contributed by atoms with Crippen LogP contribution in [-0.4, -0.2) is 11.1 Å². The topological polar surface area (TPSA) is 63.3 Å². The number of hydrogen-bond acceptors (Lipinski definition) is 2. The van der Waals surface area contributed by atoms with Crippen molar-refractivity contribution in [3.8, 4) is 0 Å². The molecule has 0 aromatic heterocycles. The normalized spacial score (nSPS) is 10.3. The fourth-order valence-electron chi connectivity index (χ4n) is 0.858. The first-order valence-electron chi connectivity index (χ1n) is 3.22. The number of halogens is 4. The number of carbonyl (C=O) groups is 1. The lowest BCUT2D eigenvalue weighted by Crippen LogP contribution is -2.10. The van der Waals surface area contributed by atoms with E-state index in [0.717, 1.165) is 0 Å². The Labute approximate surface area is 99.6 Å². The van der Waals surface area contributed by atoms with Crippen LogP contribution in [0.5, 0.6) is 0 Å². The first kappa shape index (κ1) is 11.6. The van der Waals surface area contributed by atoms with Gasteiger partial charge in [-0.2, -0.15) is 0 Å². The summed E-state index contributed by atoms with van der Waals surface area (Å²) >= 11 is 4.26. The minimum Gasteiger partial charge on any atom is -0.478 e. The Balaban J connectivity index is 3.68. The Morgan fingerprint density at radius 3 is 2.36 bits per heavy atom. The van der Waals surface area contributed by atoms with E-state index in [-0.39, 0.29) is 8.04 Å². The molecule has 0 fully saturated rings. The lowest BCUT2D eigenvalue weighted by molar-refractivity contribution is 0.0692. The van der Waals surface area contributed by atoms with Gasteiger partial charge >= 0.3 is 5.97 Å². The molecule has 0 amide bonds. The van der Waals surface area contributed by atoms with Crippen LogP contribution in [0, 0.1) is 15.2 Å². The minimum atomic E-state index is -1.59. The van der Waals surface area contributed by atoms with Crippen molar-refractivity contribution in [3.05, 3.63) is 25.2 Å². The summed E-state index contributed by atoms with van der Waals surface area (Å²) in [5.74, 6) is -3.60. The van der Waals surface area contributed by atoms with Crippen LogP contribution in [0.4, 0.5) is 14.5 Å². The molecule has 1 rings (SSSR count). The third kappa shape index (κ3) is 1.70. The van der Waals surface area contributed by atoms with Gasteiger partial charge in [-0.05, 0) is 38.5 Å². The molecule has 0 atom stereocenters. The maximum atomic E-state index is 13.3. The molecule has 0 unspecified atom stereocenters. The number of rotatable bonds is 1. The van der Waals surface area contributed by atoms with Gasteiger partial charge in [-0.3, -0.25) is 0 Å². The predicted molar refractivity (Wildman–Crippen MR) is 58.1 cm³/mol. The van der Waals surface area contributed by atoms with Crippen molar-refractivity contribution in [2.24, 2.45) is 0 Å². The van der Waals surface area contributed by atoms with Gasteiger partial charge in [0.1, 0.15) is 5.56 Å². The van der Waals surface area contributed by atoms with Crippen molar-refractivity contribution in [2.45, 2.75) is 0 Å². The summed E-state index contributed by atoms with van der Waals surface area (Å²) in [4.78, 5) is 10.6. The van der Waals surface area contributed by atoms with Gasteiger partial charge in [-0.15, -0.1) is 0 Å². The monoisotopic (exact) mass is 377 g/mol. The van der Waals surface area contributed by atoms with E-state index in [4.69, 9.17) is 10.8 Å². The third-order valence-electron chi connectivity index (χ3n) is 1.52. The molecule has 1 aromatic rings. The van der Waals surface area contributed by atoms with E-state index in [1.54, 1.807) is 0 Å². The summed E-state index contributed by atoms with van der Waals surface area (Å²) in [5, 5.41) is 8.58. The van der Waals surface area contributed by atoms with Crippen LogP contribution < -0.4 is 5.73 Å². The molecule has 0 aliphatic carbocycles. The summed E-state index contributed by atoms with van der Waals surface area (Å²) in [6.07, 6.45) is 0. The zero-order valence-electron chi connectivity index (χ0n) is 6.44. The highest BCUT2D eigenvalue weighted by molar-refractivity contribution is 14.1. The zero-order valence-corrected chi connectivity index (χ0v) is 10.2. The van der Waals surface area contributed by atoms with Crippen LogP contribution in [0.15, 0.2) is 4.47 Å². The summed E-state index contributed by atoms with van der Waals surface area (Å²) in [7, 11) is 0. The first-order chi connectivity index (χ1) is 6.37. The number of benzene rings is 1. The smallest absolute Gasteiger partial charge is 0.340 e. The Morgan fingerprint density at radius 2 is 1.93 bits per heavy atom. The number of carboxylic acids is 1. The van der Waals surface area contributed by atoms with E-state index in [0.29, 0.717) is 0 Å². The molecule has 76 valence electrons. The molecule has 0 aliphatic heterocycles. The van der Waals surface area contributed by atoms with E-state index in [2.05, 4.69) is 15.9 Å². The number of anilines is 1. The fraction of sp³-hybridized carbons (Fsp3) is 0. The van der Waals surface area contributed by atoms with Crippen LogP contribution in [0.3, 0.4) is 0 Å². The molecular formula is C7H3BrF2INO2. The molecule has 1 aromatic carbocycles. The van der Waals surface area contributed by atoms with E-state index < -0.39 is 28.9 Å². The van der Waals surface area contributed by atoms with Crippen LogP contribution in [-0.2, 0) is 0 Å². The van der Waals surface area contributed by atoms with Crippen molar-refractivity contribution < 1.29 is 18.7 Å². The van der Waals surface area contributed by atoms with Crippen molar-refractivity contribution in [1.29, 1.82) is 0 Å². The van der Waals surface area contributed by atoms with Crippen LogP contribution in [0.25, 0.3) is 0 Å². The summed E-state index contributed by atoms with van der Waals surface area (Å²) in [6.45, 7) is 0. The molecule has 3 N–H and O–H groups in total. The van der Waals surface area contributed by atoms with Gasteiger partial charge in [-0.25, -0.2) is 13.6 Å². The molecule has 3 nitrogen and oxygen atoms in total. The van der Waals surface area contributed by atoms with Crippen LogP contribution in [0.1, 0.15) is 10.4 Å². The second-order valence-corrected chi connectivity index (χ2v) is 4.22. The van der Waals surface area contributed by atoms with Gasteiger partial charge in [0.25, 0.3) is 0 Å². The number of hydrogen-bond donors (Lipinski definition) is 2. The van der Waals surface area contributed by atoms with E-state index >= 15 is 0 Å². The summed E-state index contributed by atoms with van der Waals surface area (Å²) < 4.78 is 26.2. The number of aromatic carboxylic acids is 1. The van der Waals surface area contributed by atoms with Crippen LogP contribution in [0.2, 0.25) is 0 Å². The standard InChI is InChI=1S/C7H3BrF2INO2/c8-2-4(10)6(12)1(7(13)14)3(9)5(2)11/h12H2,(H,13,14). The van der Waals surface area contributed by atoms with Gasteiger partial charge in [0.15, 0.2) is 11.6 Å². The van der Waals surface area contributed by atoms with Crippen molar-refractivity contribution in [1.82, 2.24) is 0 Å². The maximum Gasteiger partial charge on any atom is 0.340 e. The highest BCUT2D eigenvalue weighted by Crippen LogP contribution is 2.32. The Morgan fingerprint density at radius 1 is 1.43 bits per heavy atom. The molecule has 0 spiro atoms. The van der Waals surface area contributed by atoms with E-state index in [9.17, 15) is 13.6 Å². The second-order valence-electron chi connectivity index (χ2n) is 2.35. The van der Waals surface area contributed by atoms with Crippen molar-refractivity contribution in [3.63, 3.8) is 0 Å². The molecule has 14 heavy (non-hydrogen) atoms. The number of nitrogen functional groups attached to an aromatic ring is 1. The lowest BCUT2D eigenvalue weighted by Gasteiger charge is -2.07. The molecule has 0 saturated heterocycles. The highest BCUT2D eigenvalue weighted by Gasteiger charge is 2.24.